The minimum atomic E-state index is -4.57. The number of carbonyl (C=O) groups is 1. The Morgan fingerprint density at radius 1 is 1.53 bits per heavy atom. The smallest absolute Gasteiger partial charge is 0.355 e. The van der Waals surface area contributed by atoms with E-state index >= 15 is 0 Å². The van der Waals surface area contributed by atoms with Crippen molar-refractivity contribution in [2.24, 2.45) is 0 Å². The van der Waals surface area contributed by atoms with Crippen LogP contribution in [0.1, 0.15) is 12.8 Å². The summed E-state index contributed by atoms with van der Waals surface area (Å²) in [7, 11) is 0. The maximum absolute atomic E-state index is 11.6. The molecular formula is C8H13F3N2O2. The number of ether oxygens (including phenoxy) is 1. The highest BCUT2D eigenvalue weighted by Gasteiger charge is 2.28. The highest BCUT2D eigenvalue weighted by Crippen LogP contribution is 2.15. The molecule has 0 bridgehead atoms. The average Bonchev–Trinajstić information content (AvgIpc) is 2.14. The van der Waals surface area contributed by atoms with Crippen LogP contribution in [0.25, 0.3) is 0 Å². The molecule has 2 N–H and O–H groups in total. The molecule has 0 saturated carbocycles. The van der Waals surface area contributed by atoms with Crippen LogP contribution in [0.3, 0.4) is 0 Å². The number of hydrogen-bond acceptors (Lipinski definition) is 3. The van der Waals surface area contributed by atoms with Crippen molar-refractivity contribution in [1.82, 2.24) is 10.6 Å². The van der Waals surface area contributed by atoms with Crippen LogP contribution in [0.5, 0.6) is 0 Å². The Bertz CT molecular complexity index is 210. The van der Waals surface area contributed by atoms with E-state index in [2.05, 4.69) is 15.4 Å². The summed E-state index contributed by atoms with van der Waals surface area (Å²) >= 11 is 0. The van der Waals surface area contributed by atoms with E-state index in [1.165, 1.54) is 0 Å². The predicted molar refractivity (Wildman–Crippen MR) is 46.0 cm³/mol. The first kappa shape index (κ1) is 12.3. The van der Waals surface area contributed by atoms with Gasteiger partial charge in [-0.1, -0.05) is 0 Å². The number of alkyl halides is 3. The third kappa shape index (κ3) is 5.58. The maximum atomic E-state index is 11.6. The third-order valence-corrected chi connectivity index (χ3v) is 2.07. The van der Waals surface area contributed by atoms with Crippen LogP contribution in [-0.2, 0) is 9.53 Å². The normalized spacial score (nSPS) is 22.6. The van der Waals surface area contributed by atoms with E-state index in [1.54, 1.807) is 0 Å². The van der Waals surface area contributed by atoms with Gasteiger partial charge in [0.2, 0.25) is 5.91 Å². The molecule has 1 atom stereocenters. The first-order valence-corrected chi connectivity index (χ1v) is 4.68. The summed E-state index contributed by atoms with van der Waals surface area (Å²) < 4.78 is 38.3. The monoisotopic (exact) mass is 226 g/mol. The summed E-state index contributed by atoms with van der Waals surface area (Å²) in [5.74, 6) is -0.0143. The molecule has 0 aromatic heterocycles. The van der Waals surface area contributed by atoms with Crippen LogP contribution in [0.4, 0.5) is 13.2 Å². The maximum Gasteiger partial charge on any atom is 0.522 e. The Balaban J connectivity index is 2.03. The summed E-state index contributed by atoms with van der Waals surface area (Å²) in [6.07, 6.45) is -3.50. The van der Waals surface area contributed by atoms with Gasteiger partial charge in [0.1, 0.15) is 0 Å². The van der Waals surface area contributed by atoms with Crippen molar-refractivity contribution in [2.75, 3.05) is 19.7 Å². The summed E-state index contributed by atoms with van der Waals surface area (Å²) in [6, 6.07) is 0.0412. The number of hydrogen-bond donors (Lipinski definition) is 2. The first-order chi connectivity index (χ1) is 6.97. The number of amides is 1. The van der Waals surface area contributed by atoms with Gasteiger partial charge in [0.25, 0.3) is 0 Å². The molecule has 1 rings (SSSR count). The largest absolute Gasteiger partial charge is 0.522 e. The van der Waals surface area contributed by atoms with Gasteiger partial charge < -0.3 is 10.6 Å². The topological polar surface area (TPSA) is 50.4 Å². The Morgan fingerprint density at radius 2 is 2.27 bits per heavy atom. The summed E-state index contributed by atoms with van der Waals surface area (Å²) in [6.45, 7) is 0.179. The number of rotatable bonds is 4. The average molecular weight is 226 g/mol. The molecule has 0 aliphatic carbocycles. The van der Waals surface area contributed by atoms with Crippen molar-refractivity contribution < 1.29 is 22.7 Å². The van der Waals surface area contributed by atoms with E-state index in [-0.39, 0.29) is 18.5 Å². The van der Waals surface area contributed by atoms with E-state index in [9.17, 15) is 18.0 Å². The van der Waals surface area contributed by atoms with Crippen LogP contribution >= 0.6 is 0 Å². The molecule has 0 aromatic rings. The zero-order chi connectivity index (χ0) is 11.3. The molecule has 1 heterocycles. The molecule has 88 valence electrons. The highest BCUT2D eigenvalue weighted by atomic mass is 19.4. The summed E-state index contributed by atoms with van der Waals surface area (Å²) in [5.41, 5.74) is 0. The lowest BCUT2D eigenvalue weighted by molar-refractivity contribution is -0.323. The SMILES string of the molecule is O=C1CCC(NCCOC(F)(F)F)CN1. The van der Waals surface area contributed by atoms with Gasteiger partial charge in [0, 0.05) is 25.6 Å². The van der Waals surface area contributed by atoms with E-state index in [0.29, 0.717) is 19.4 Å². The van der Waals surface area contributed by atoms with E-state index in [0.717, 1.165) is 0 Å². The molecule has 1 fully saturated rings. The van der Waals surface area contributed by atoms with Gasteiger partial charge in [-0.2, -0.15) is 0 Å². The quantitative estimate of drug-likeness (QED) is 0.682. The fourth-order valence-electron chi connectivity index (χ4n) is 1.34. The molecule has 1 amide bonds. The van der Waals surface area contributed by atoms with Gasteiger partial charge in [-0.3, -0.25) is 9.53 Å². The van der Waals surface area contributed by atoms with Crippen molar-refractivity contribution in [3.63, 3.8) is 0 Å². The van der Waals surface area contributed by atoms with Gasteiger partial charge >= 0.3 is 6.36 Å². The van der Waals surface area contributed by atoms with Crippen LogP contribution in [0.15, 0.2) is 0 Å². The van der Waals surface area contributed by atoms with Crippen molar-refractivity contribution in [2.45, 2.75) is 25.2 Å². The number of carbonyl (C=O) groups excluding carboxylic acids is 1. The Kier molecular flexibility index (Phi) is 4.34. The molecule has 0 radical (unpaired) electrons. The summed E-state index contributed by atoms with van der Waals surface area (Å²) in [5, 5.41) is 5.50. The minimum absolute atomic E-state index is 0.0143. The van der Waals surface area contributed by atoms with Gasteiger partial charge in [-0.05, 0) is 6.42 Å². The Morgan fingerprint density at radius 3 is 2.80 bits per heavy atom. The lowest BCUT2D eigenvalue weighted by Gasteiger charge is -2.23. The van der Waals surface area contributed by atoms with Crippen molar-refractivity contribution in [1.29, 1.82) is 0 Å². The Hall–Kier alpha value is -0.820. The summed E-state index contributed by atoms with van der Waals surface area (Å²) in [4.78, 5) is 10.8. The first-order valence-electron chi connectivity index (χ1n) is 4.68. The molecule has 1 aliphatic heterocycles. The second-order valence-electron chi connectivity index (χ2n) is 3.29. The predicted octanol–water partition coefficient (Wildman–Crippen LogP) is 0.391. The van der Waals surface area contributed by atoms with Gasteiger partial charge in [0.05, 0.1) is 6.61 Å². The van der Waals surface area contributed by atoms with Crippen LogP contribution in [0.2, 0.25) is 0 Å². The Labute approximate surface area is 85.2 Å². The number of piperidine rings is 1. The van der Waals surface area contributed by atoms with Crippen molar-refractivity contribution in [3.05, 3.63) is 0 Å². The lowest BCUT2D eigenvalue weighted by atomic mass is 10.1. The minimum Gasteiger partial charge on any atom is -0.355 e. The van der Waals surface area contributed by atoms with Crippen LogP contribution in [-0.4, -0.2) is 38.0 Å². The van der Waals surface area contributed by atoms with E-state index in [1.807, 2.05) is 0 Å². The van der Waals surface area contributed by atoms with E-state index in [4.69, 9.17) is 0 Å². The molecular weight excluding hydrogens is 213 g/mol. The standard InChI is InChI=1S/C8H13F3N2O2/c9-8(10,11)15-4-3-12-6-1-2-7(14)13-5-6/h6,12H,1-5H2,(H,13,14). The molecule has 1 saturated heterocycles. The fraction of sp³-hybridized carbons (Fsp3) is 0.875. The third-order valence-electron chi connectivity index (χ3n) is 2.07. The molecule has 1 unspecified atom stereocenters. The molecule has 0 spiro atoms. The molecule has 1 aliphatic rings. The number of halogens is 3. The van der Waals surface area contributed by atoms with E-state index < -0.39 is 13.0 Å². The van der Waals surface area contributed by atoms with Crippen molar-refractivity contribution in [3.8, 4) is 0 Å². The molecule has 7 heteroatoms. The second kappa shape index (κ2) is 5.32. The zero-order valence-corrected chi connectivity index (χ0v) is 8.06. The lowest BCUT2D eigenvalue weighted by Crippen LogP contribution is -2.46. The molecule has 0 aromatic carbocycles. The van der Waals surface area contributed by atoms with Crippen molar-refractivity contribution >= 4 is 5.91 Å². The van der Waals surface area contributed by atoms with Gasteiger partial charge in [0.15, 0.2) is 0 Å². The van der Waals surface area contributed by atoms with Gasteiger partial charge in [-0.25, -0.2) is 0 Å². The van der Waals surface area contributed by atoms with Gasteiger partial charge in [-0.15, -0.1) is 13.2 Å². The fourth-order valence-corrected chi connectivity index (χ4v) is 1.34. The zero-order valence-electron chi connectivity index (χ0n) is 8.06. The van der Waals surface area contributed by atoms with Crippen LogP contribution in [0, 0.1) is 0 Å². The van der Waals surface area contributed by atoms with Crippen LogP contribution < -0.4 is 10.6 Å². The highest BCUT2D eigenvalue weighted by molar-refractivity contribution is 5.76. The number of nitrogens with one attached hydrogen (secondary N) is 2. The molecule has 15 heavy (non-hydrogen) atoms. The second-order valence-corrected chi connectivity index (χ2v) is 3.29. The molecule has 4 nitrogen and oxygen atoms in total.